The van der Waals surface area contributed by atoms with Gasteiger partial charge in [0.05, 0.1) is 5.52 Å². The zero-order chi connectivity index (χ0) is 16.4. The van der Waals surface area contributed by atoms with Crippen LogP contribution in [0.2, 0.25) is 5.28 Å². The molecule has 1 aromatic heterocycles. The zero-order valence-corrected chi connectivity index (χ0v) is 12.9. The van der Waals surface area contributed by atoms with Gasteiger partial charge in [-0.05, 0) is 54.9 Å². The lowest BCUT2D eigenvalue weighted by molar-refractivity contribution is 0.0962. The van der Waals surface area contributed by atoms with Crippen LogP contribution in [0.15, 0.2) is 42.5 Å². The van der Waals surface area contributed by atoms with Gasteiger partial charge in [0.15, 0.2) is 5.82 Å². The lowest BCUT2D eigenvalue weighted by atomic mass is 10.1. The van der Waals surface area contributed by atoms with Crippen molar-refractivity contribution in [2.24, 2.45) is 0 Å². The van der Waals surface area contributed by atoms with Crippen molar-refractivity contribution in [1.29, 1.82) is 0 Å². The van der Waals surface area contributed by atoms with Crippen LogP contribution >= 0.6 is 11.6 Å². The van der Waals surface area contributed by atoms with Crippen LogP contribution in [0.4, 0.5) is 10.2 Å². The molecule has 3 aromatic rings. The number of halogens is 2. The van der Waals surface area contributed by atoms with Gasteiger partial charge in [-0.25, -0.2) is 9.37 Å². The number of fused-ring (bicyclic) bond motifs is 1. The number of benzene rings is 2. The number of aromatic nitrogens is 2. The number of carbonyl (C=O) groups is 1. The van der Waals surface area contributed by atoms with Crippen LogP contribution in [0.1, 0.15) is 15.9 Å². The van der Waals surface area contributed by atoms with E-state index in [0.29, 0.717) is 16.9 Å². The van der Waals surface area contributed by atoms with Gasteiger partial charge in [-0.2, -0.15) is 4.98 Å². The second kappa shape index (κ2) is 6.18. The lowest BCUT2D eigenvalue weighted by Gasteiger charge is -2.11. The van der Waals surface area contributed by atoms with Crippen molar-refractivity contribution in [2.45, 2.75) is 6.92 Å². The van der Waals surface area contributed by atoms with E-state index in [9.17, 15) is 9.18 Å². The first-order valence-corrected chi connectivity index (χ1v) is 7.16. The second-order valence-corrected chi connectivity index (χ2v) is 5.29. The number of nitrogens with zero attached hydrogens (tertiary/aromatic N) is 2. The van der Waals surface area contributed by atoms with E-state index < -0.39 is 11.7 Å². The Balaban J connectivity index is 1.85. The van der Waals surface area contributed by atoms with E-state index in [-0.39, 0.29) is 5.28 Å². The molecule has 2 N–H and O–H groups in total. The number of carbonyl (C=O) groups excluding carboxylic acids is 1. The van der Waals surface area contributed by atoms with Crippen molar-refractivity contribution < 1.29 is 9.18 Å². The summed E-state index contributed by atoms with van der Waals surface area (Å²) in [6.07, 6.45) is 0. The molecule has 0 unspecified atom stereocenters. The molecular formula is C16H12ClFN4O. The molecule has 23 heavy (non-hydrogen) atoms. The SMILES string of the molecule is Cc1ccc2nc(Cl)nc(NNC(=O)c3ccc(F)cc3)c2c1. The first kappa shape index (κ1) is 15.2. The van der Waals surface area contributed by atoms with E-state index in [1.54, 1.807) is 0 Å². The highest BCUT2D eigenvalue weighted by Gasteiger charge is 2.09. The van der Waals surface area contributed by atoms with Crippen LogP contribution in [-0.2, 0) is 0 Å². The summed E-state index contributed by atoms with van der Waals surface area (Å²) in [5.41, 5.74) is 7.26. The average molecular weight is 331 g/mol. The monoisotopic (exact) mass is 330 g/mol. The van der Waals surface area contributed by atoms with Crippen molar-refractivity contribution in [3.8, 4) is 0 Å². The van der Waals surface area contributed by atoms with Crippen LogP contribution in [0.5, 0.6) is 0 Å². The van der Waals surface area contributed by atoms with Crippen molar-refractivity contribution in [2.75, 3.05) is 5.43 Å². The van der Waals surface area contributed by atoms with Crippen molar-refractivity contribution in [1.82, 2.24) is 15.4 Å². The van der Waals surface area contributed by atoms with E-state index >= 15 is 0 Å². The van der Waals surface area contributed by atoms with E-state index in [1.807, 2.05) is 25.1 Å². The molecule has 0 atom stereocenters. The van der Waals surface area contributed by atoms with Gasteiger partial charge < -0.3 is 0 Å². The van der Waals surface area contributed by atoms with Crippen LogP contribution in [0.3, 0.4) is 0 Å². The Morgan fingerprint density at radius 3 is 2.61 bits per heavy atom. The zero-order valence-electron chi connectivity index (χ0n) is 12.1. The standard InChI is InChI=1S/C16H12ClFN4O/c1-9-2-7-13-12(8-9)14(20-16(17)19-13)21-22-15(23)10-3-5-11(18)6-4-10/h2-8H,1H3,(H,22,23)(H,19,20,21). The fourth-order valence-corrected chi connectivity index (χ4v) is 2.27. The maximum absolute atomic E-state index is 12.9. The quantitative estimate of drug-likeness (QED) is 0.570. The van der Waals surface area contributed by atoms with Crippen molar-refractivity contribution in [3.63, 3.8) is 0 Å². The number of hydrazine groups is 1. The Bertz CT molecular complexity index is 883. The molecule has 0 saturated carbocycles. The number of rotatable bonds is 3. The number of amides is 1. The Hall–Kier alpha value is -2.73. The van der Waals surface area contributed by atoms with Crippen LogP contribution in [0.25, 0.3) is 10.9 Å². The molecular weight excluding hydrogens is 319 g/mol. The first-order chi connectivity index (χ1) is 11.0. The minimum Gasteiger partial charge on any atom is -0.281 e. The minimum absolute atomic E-state index is 0.0693. The van der Waals surface area contributed by atoms with E-state index in [2.05, 4.69) is 20.8 Å². The van der Waals surface area contributed by atoms with Gasteiger partial charge in [-0.1, -0.05) is 11.6 Å². The maximum Gasteiger partial charge on any atom is 0.269 e. The summed E-state index contributed by atoms with van der Waals surface area (Å²) < 4.78 is 12.9. The van der Waals surface area contributed by atoms with Crippen molar-refractivity contribution in [3.05, 3.63) is 64.7 Å². The highest BCUT2D eigenvalue weighted by molar-refractivity contribution is 6.28. The fraction of sp³-hybridized carbons (Fsp3) is 0.0625. The summed E-state index contributed by atoms with van der Waals surface area (Å²) in [6, 6.07) is 10.8. The molecule has 2 aromatic carbocycles. The van der Waals surface area contributed by atoms with Crippen molar-refractivity contribution >= 4 is 34.2 Å². The molecule has 0 aliphatic rings. The number of hydrogen-bond donors (Lipinski definition) is 2. The predicted octanol–water partition coefficient (Wildman–Crippen LogP) is 3.49. The largest absolute Gasteiger partial charge is 0.281 e. The molecule has 0 aliphatic carbocycles. The maximum atomic E-state index is 12.9. The van der Waals surface area contributed by atoms with E-state index in [1.165, 1.54) is 24.3 Å². The van der Waals surface area contributed by atoms with Gasteiger partial charge in [0.1, 0.15) is 5.82 Å². The summed E-state index contributed by atoms with van der Waals surface area (Å²) in [5, 5.41) is 0.800. The Morgan fingerprint density at radius 2 is 1.87 bits per heavy atom. The second-order valence-electron chi connectivity index (χ2n) is 4.95. The van der Waals surface area contributed by atoms with Gasteiger partial charge in [0.25, 0.3) is 5.91 Å². The van der Waals surface area contributed by atoms with Crippen LogP contribution in [0, 0.1) is 12.7 Å². The summed E-state index contributed by atoms with van der Waals surface area (Å²) in [6.45, 7) is 1.94. The molecule has 0 aliphatic heterocycles. The molecule has 0 fully saturated rings. The van der Waals surface area contributed by atoms with Gasteiger partial charge >= 0.3 is 0 Å². The molecule has 1 amide bonds. The molecule has 5 nitrogen and oxygen atoms in total. The molecule has 3 rings (SSSR count). The summed E-state index contributed by atoms with van der Waals surface area (Å²) in [4.78, 5) is 20.3. The fourth-order valence-electron chi connectivity index (χ4n) is 2.10. The predicted molar refractivity (Wildman–Crippen MR) is 86.8 cm³/mol. The number of nitrogens with one attached hydrogen (secondary N) is 2. The molecule has 0 spiro atoms. The summed E-state index contributed by atoms with van der Waals surface area (Å²) in [7, 11) is 0. The Labute approximate surface area is 136 Å². The lowest BCUT2D eigenvalue weighted by Crippen LogP contribution is -2.30. The molecule has 7 heteroatoms. The number of aryl methyl sites for hydroxylation is 1. The third-order valence-electron chi connectivity index (χ3n) is 3.22. The highest BCUT2D eigenvalue weighted by atomic mass is 35.5. The molecule has 116 valence electrons. The van der Waals surface area contributed by atoms with Gasteiger partial charge in [-0.15, -0.1) is 0 Å². The molecule has 0 bridgehead atoms. The van der Waals surface area contributed by atoms with Gasteiger partial charge in [0, 0.05) is 10.9 Å². The normalized spacial score (nSPS) is 10.6. The van der Waals surface area contributed by atoms with Crippen LogP contribution < -0.4 is 10.9 Å². The summed E-state index contributed by atoms with van der Waals surface area (Å²) in [5.74, 6) is -0.432. The number of hydrogen-bond acceptors (Lipinski definition) is 4. The average Bonchev–Trinajstić information content (AvgIpc) is 2.53. The Morgan fingerprint density at radius 1 is 1.13 bits per heavy atom. The molecule has 1 heterocycles. The van der Waals surface area contributed by atoms with Gasteiger partial charge in [0.2, 0.25) is 5.28 Å². The van der Waals surface area contributed by atoms with Crippen LogP contribution in [-0.4, -0.2) is 15.9 Å². The Kier molecular flexibility index (Phi) is 4.08. The number of anilines is 1. The first-order valence-electron chi connectivity index (χ1n) is 6.79. The third kappa shape index (κ3) is 3.37. The summed E-state index contributed by atoms with van der Waals surface area (Å²) >= 11 is 5.90. The molecule has 0 radical (unpaired) electrons. The smallest absolute Gasteiger partial charge is 0.269 e. The van der Waals surface area contributed by atoms with Gasteiger partial charge in [-0.3, -0.25) is 15.6 Å². The highest BCUT2D eigenvalue weighted by Crippen LogP contribution is 2.22. The minimum atomic E-state index is -0.416. The van der Waals surface area contributed by atoms with E-state index in [0.717, 1.165) is 10.9 Å². The molecule has 0 saturated heterocycles. The van der Waals surface area contributed by atoms with E-state index in [4.69, 9.17) is 11.6 Å². The topological polar surface area (TPSA) is 66.9 Å². The third-order valence-corrected chi connectivity index (χ3v) is 3.39.